The molecule has 6 heteroatoms. The Labute approximate surface area is 193 Å². The van der Waals surface area contributed by atoms with Gasteiger partial charge in [-0.3, -0.25) is 0 Å². The number of fused-ring (bicyclic) bond motifs is 3. The molecule has 0 unspecified atom stereocenters. The molecule has 168 valence electrons. The summed E-state index contributed by atoms with van der Waals surface area (Å²) in [5, 5.41) is 4.23. The van der Waals surface area contributed by atoms with Crippen LogP contribution >= 0.6 is 0 Å². The van der Waals surface area contributed by atoms with Crippen LogP contribution in [0.15, 0.2) is 66.7 Å². The van der Waals surface area contributed by atoms with E-state index >= 15 is 0 Å². The van der Waals surface area contributed by atoms with Crippen LogP contribution in [0.3, 0.4) is 0 Å². The van der Waals surface area contributed by atoms with Gasteiger partial charge in [0.1, 0.15) is 11.5 Å². The molecule has 0 spiro atoms. The second-order valence-corrected chi connectivity index (χ2v) is 8.35. The van der Waals surface area contributed by atoms with E-state index in [1.54, 1.807) is 14.2 Å². The minimum Gasteiger partial charge on any atom is -0.497 e. The van der Waals surface area contributed by atoms with Crippen molar-refractivity contribution in [3.05, 3.63) is 89.1 Å². The number of carbonyl (C=O) groups excluding carboxylic acids is 1. The van der Waals surface area contributed by atoms with Crippen molar-refractivity contribution < 1.29 is 14.3 Å². The van der Waals surface area contributed by atoms with E-state index in [0.717, 1.165) is 51.3 Å². The third kappa shape index (κ3) is 3.89. The molecule has 0 radical (unpaired) electrons. The number of methoxy groups -OCH3 is 2. The van der Waals surface area contributed by atoms with Crippen LogP contribution in [0.1, 0.15) is 28.4 Å². The van der Waals surface area contributed by atoms with Gasteiger partial charge in [-0.05, 0) is 72.5 Å². The van der Waals surface area contributed by atoms with Crippen LogP contribution in [0.4, 0.5) is 10.5 Å². The van der Waals surface area contributed by atoms with Gasteiger partial charge < -0.3 is 24.7 Å². The summed E-state index contributed by atoms with van der Waals surface area (Å²) < 4.78 is 10.8. The molecule has 33 heavy (non-hydrogen) atoms. The third-order valence-corrected chi connectivity index (χ3v) is 6.30. The van der Waals surface area contributed by atoms with Crippen molar-refractivity contribution in [1.29, 1.82) is 0 Å². The van der Waals surface area contributed by atoms with E-state index in [1.165, 1.54) is 5.56 Å². The first-order valence-corrected chi connectivity index (χ1v) is 11.0. The van der Waals surface area contributed by atoms with Gasteiger partial charge in [0.25, 0.3) is 0 Å². The quantitative estimate of drug-likeness (QED) is 0.429. The van der Waals surface area contributed by atoms with Crippen LogP contribution < -0.4 is 14.8 Å². The Morgan fingerprint density at radius 2 is 1.76 bits per heavy atom. The van der Waals surface area contributed by atoms with E-state index in [1.807, 2.05) is 72.5 Å². The topological polar surface area (TPSA) is 66.6 Å². The van der Waals surface area contributed by atoms with Crippen molar-refractivity contribution in [2.24, 2.45) is 0 Å². The molecule has 5 rings (SSSR count). The molecule has 0 bridgehead atoms. The summed E-state index contributed by atoms with van der Waals surface area (Å²) in [7, 11) is 3.33. The fraction of sp³-hybridized carbons (Fsp3) is 0.222. The number of urea groups is 1. The predicted molar refractivity (Wildman–Crippen MR) is 130 cm³/mol. The van der Waals surface area contributed by atoms with Crippen molar-refractivity contribution in [2.45, 2.75) is 19.4 Å². The zero-order valence-corrected chi connectivity index (χ0v) is 19.0. The van der Waals surface area contributed by atoms with Crippen molar-refractivity contribution in [3.8, 4) is 11.5 Å². The molecule has 6 nitrogen and oxygen atoms in total. The zero-order valence-electron chi connectivity index (χ0n) is 19.0. The molecule has 0 saturated carbocycles. The SMILES string of the molecule is COc1ccc([C@@H]2c3[nH]c4ccc(OC)cc4c3CCN2C(=O)Nc2cccc(C)c2)cc1. The van der Waals surface area contributed by atoms with Crippen molar-refractivity contribution in [3.63, 3.8) is 0 Å². The predicted octanol–water partition coefficient (Wildman–Crippen LogP) is 5.67. The van der Waals surface area contributed by atoms with Crippen LogP contribution in [0, 0.1) is 6.92 Å². The van der Waals surface area contributed by atoms with Gasteiger partial charge in [-0.15, -0.1) is 0 Å². The van der Waals surface area contributed by atoms with Gasteiger partial charge in [-0.25, -0.2) is 4.79 Å². The number of benzene rings is 3. The van der Waals surface area contributed by atoms with E-state index < -0.39 is 0 Å². The maximum Gasteiger partial charge on any atom is 0.322 e. The number of ether oxygens (including phenoxy) is 2. The van der Waals surface area contributed by atoms with E-state index in [2.05, 4.69) is 16.4 Å². The molecule has 0 saturated heterocycles. The normalized spacial score (nSPS) is 15.2. The van der Waals surface area contributed by atoms with E-state index in [9.17, 15) is 4.79 Å². The van der Waals surface area contributed by atoms with Gasteiger partial charge in [0.15, 0.2) is 0 Å². The number of hydrogen-bond acceptors (Lipinski definition) is 3. The lowest BCUT2D eigenvalue weighted by Crippen LogP contribution is -2.43. The molecule has 0 aliphatic carbocycles. The van der Waals surface area contributed by atoms with E-state index in [0.29, 0.717) is 6.54 Å². The maximum absolute atomic E-state index is 13.5. The number of anilines is 1. The molecule has 2 heterocycles. The molecule has 1 atom stereocenters. The molecular weight excluding hydrogens is 414 g/mol. The molecule has 2 N–H and O–H groups in total. The standard InChI is InChI=1S/C27H27N3O3/c1-17-5-4-6-19(15-17)28-27(31)30-14-13-22-23-16-21(33-3)11-12-24(23)29-25(22)26(30)18-7-9-20(32-2)10-8-18/h4-12,15-16,26,29H,13-14H2,1-3H3,(H,28,31)/t26-/m1/s1. The number of aryl methyl sites for hydroxylation is 1. The van der Waals surface area contributed by atoms with Gasteiger partial charge in [-0.1, -0.05) is 24.3 Å². The average molecular weight is 442 g/mol. The van der Waals surface area contributed by atoms with E-state index in [4.69, 9.17) is 9.47 Å². The number of carbonyl (C=O) groups is 1. The number of hydrogen-bond donors (Lipinski definition) is 2. The first-order chi connectivity index (χ1) is 16.1. The zero-order chi connectivity index (χ0) is 22.9. The lowest BCUT2D eigenvalue weighted by molar-refractivity contribution is 0.193. The van der Waals surface area contributed by atoms with Crippen LogP contribution in [0.25, 0.3) is 10.9 Å². The summed E-state index contributed by atoms with van der Waals surface area (Å²) in [6, 6.07) is 21.5. The fourth-order valence-corrected chi connectivity index (χ4v) is 4.66. The van der Waals surface area contributed by atoms with Crippen LogP contribution in [0.2, 0.25) is 0 Å². The lowest BCUT2D eigenvalue weighted by Gasteiger charge is -2.36. The average Bonchev–Trinajstić information content (AvgIpc) is 3.21. The molecule has 1 aromatic heterocycles. The molecule has 0 fully saturated rings. The highest BCUT2D eigenvalue weighted by molar-refractivity contribution is 5.92. The second-order valence-electron chi connectivity index (χ2n) is 8.35. The van der Waals surface area contributed by atoms with Crippen molar-refractivity contribution >= 4 is 22.6 Å². The van der Waals surface area contributed by atoms with Crippen LogP contribution in [-0.2, 0) is 6.42 Å². The molecule has 1 aliphatic rings. The molecule has 3 aromatic carbocycles. The maximum atomic E-state index is 13.5. The Morgan fingerprint density at radius 3 is 2.48 bits per heavy atom. The number of H-pyrrole nitrogens is 1. The van der Waals surface area contributed by atoms with Crippen molar-refractivity contribution in [2.75, 3.05) is 26.1 Å². The Kier molecular flexibility index (Phi) is 5.42. The smallest absolute Gasteiger partial charge is 0.322 e. The molecule has 4 aromatic rings. The first-order valence-electron chi connectivity index (χ1n) is 11.0. The number of aromatic amines is 1. The summed E-state index contributed by atoms with van der Waals surface area (Å²) in [6.07, 6.45) is 0.760. The Bertz CT molecular complexity index is 1310. The highest BCUT2D eigenvalue weighted by Gasteiger charge is 2.34. The number of nitrogens with one attached hydrogen (secondary N) is 2. The van der Waals surface area contributed by atoms with Crippen LogP contribution in [-0.4, -0.2) is 36.7 Å². The third-order valence-electron chi connectivity index (χ3n) is 6.30. The minimum absolute atomic E-state index is 0.122. The highest BCUT2D eigenvalue weighted by Crippen LogP contribution is 2.40. The first kappa shape index (κ1) is 20.9. The summed E-state index contributed by atoms with van der Waals surface area (Å²) in [6.45, 7) is 2.62. The number of nitrogens with zero attached hydrogens (tertiary/aromatic N) is 1. The molecular formula is C27H27N3O3. The van der Waals surface area contributed by atoms with E-state index in [-0.39, 0.29) is 12.1 Å². The largest absolute Gasteiger partial charge is 0.497 e. The fourth-order valence-electron chi connectivity index (χ4n) is 4.66. The van der Waals surface area contributed by atoms with Gasteiger partial charge in [0, 0.05) is 28.8 Å². The number of aromatic nitrogens is 1. The molecule has 2 amide bonds. The summed E-state index contributed by atoms with van der Waals surface area (Å²) in [5.41, 5.74) is 6.22. The highest BCUT2D eigenvalue weighted by atomic mass is 16.5. The monoisotopic (exact) mass is 441 g/mol. The minimum atomic E-state index is -0.247. The second kappa shape index (κ2) is 8.54. The lowest BCUT2D eigenvalue weighted by atomic mass is 9.92. The summed E-state index contributed by atoms with van der Waals surface area (Å²) >= 11 is 0. The Balaban J connectivity index is 1.58. The summed E-state index contributed by atoms with van der Waals surface area (Å²) in [4.78, 5) is 19.0. The summed E-state index contributed by atoms with van der Waals surface area (Å²) in [5.74, 6) is 1.61. The van der Waals surface area contributed by atoms with Crippen LogP contribution in [0.5, 0.6) is 11.5 Å². The Hall–Kier alpha value is -3.93. The number of rotatable bonds is 4. The molecule has 1 aliphatic heterocycles. The van der Waals surface area contributed by atoms with Crippen molar-refractivity contribution in [1.82, 2.24) is 9.88 Å². The number of amides is 2. The van der Waals surface area contributed by atoms with Gasteiger partial charge >= 0.3 is 6.03 Å². The Morgan fingerprint density at radius 1 is 1.00 bits per heavy atom. The van der Waals surface area contributed by atoms with Gasteiger partial charge in [0.05, 0.1) is 20.3 Å². The van der Waals surface area contributed by atoms with Gasteiger partial charge in [0.2, 0.25) is 0 Å². The van der Waals surface area contributed by atoms with Gasteiger partial charge in [-0.2, -0.15) is 0 Å².